The summed E-state index contributed by atoms with van der Waals surface area (Å²) in [6.07, 6.45) is 3.08. The molecular formula is C17H13BrO2. The second-order valence-corrected chi connectivity index (χ2v) is 5.14. The minimum atomic E-state index is -0.142. The molecule has 0 aliphatic rings. The Morgan fingerprint density at radius 3 is 2.45 bits per heavy atom. The highest BCUT2D eigenvalue weighted by atomic mass is 79.9. The molecule has 0 aliphatic heterocycles. The number of hydrogen-bond donors (Lipinski definition) is 1. The van der Waals surface area contributed by atoms with Crippen LogP contribution in [0.5, 0.6) is 5.75 Å². The SMILES string of the molecule is C=CC(=O)C(=Cc1ccc(O)cc1)c1cccc(Br)c1. The first kappa shape index (κ1) is 14.3. The van der Waals surface area contributed by atoms with E-state index in [9.17, 15) is 9.90 Å². The third-order valence-electron chi connectivity index (χ3n) is 2.79. The summed E-state index contributed by atoms with van der Waals surface area (Å²) in [7, 11) is 0. The summed E-state index contributed by atoms with van der Waals surface area (Å²) in [6.45, 7) is 3.54. The molecule has 1 N–H and O–H groups in total. The fraction of sp³-hybridized carbons (Fsp3) is 0. The molecule has 0 atom stereocenters. The average molecular weight is 329 g/mol. The van der Waals surface area contributed by atoms with Gasteiger partial charge in [0.1, 0.15) is 5.75 Å². The van der Waals surface area contributed by atoms with Crippen molar-refractivity contribution in [3.05, 3.63) is 76.8 Å². The summed E-state index contributed by atoms with van der Waals surface area (Å²) in [5, 5.41) is 9.29. The first-order chi connectivity index (χ1) is 9.60. The molecule has 2 nitrogen and oxygen atoms in total. The lowest BCUT2D eigenvalue weighted by molar-refractivity contribution is -0.109. The second kappa shape index (κ2) is 6.35. The third-order valence-corrected chi connectivity index (χ3v) is 3.28. The first-order valence-electron chi connectivity index (χ1n) is 6.03. The van der Waals surface area contributed by atoms with Crippen molar-refractivity contribution >= 4 is 33.4 Å². The molecule has 0 spiro atoms. The van der Waals surface area contributed by atoms with Crippen LogP contribution in [0.25, 0.3) is 11.6 Å². The van der Waals surface area contributed by atoms with Gasteiger partial charge < -0.3 is 5.11 Å². The molecule has 2 rings (SSSR count). The van der Waals surface area contributed by atoms with Crippen molar-refractivity contribution in [1.82, 2.24) is 0 Å². The van der Waals surface area contributed by atoms with Crippen molar-refractivity contribution in [2.24, 2.45) is 0 Å². The smallest absolute Gasteiger partial charge is 0.185 e. The summed E-state index contributed by atoms with van der Waals surface area (Å²) in [5.41, 5.74) is 2.22. The summed E-state index contributed by atoms with van der Waals surface area (Å²) >= 11 is 3.40. The Balaban J connectivity index is 2.50. The number of halogens is 1. The summed E-state index contributed by atoms with van der Waals surface area (Å²) in [6, 6.07) is 14.2. The maximum atomic E-state index is 12.0. The Kier molecular flexibility index (Phi) is 4.53. The van der Waals surface area contributed by atoms with Crippen LogP contribution >= 0.6 is 15.9 Å². The molecule has 0 heterocycles. The van der Waals surface area contributed by atoms with Crippen molar-refractivity contribution in [3.8, 4) is 5.75 Å². The number of aromatic hydroxyl groups is 1. The molecule has 2 aromatic rings. The van der Waals surface area contributed by atoms with Crippen LogP contribution in [0.1, 0.15) is 11.1 Å². The van der Waals surface area contributed by atoms with E-state index in [0.717, 1.165) is 15.6 Å². The van der Waals surface area contributed by atoms with Crippen LogP contribution in [0.15, 0.2) is 65.7 Å². The standard InChI is InChI=1S/C17H13BrO2/c1-2-17(20)16(13-4-3-5-14(18)11-13)10-12-6-8-15(19)9-7-12/h2-11,19H,1H2. The monoisotopic (exact) mass is 328 g/mol. The summed E-state index contributed by atoms with van der Waals surface area (Å²) in [4.78, 5) is 12.0. The van der Waals surface area contributed by atoms with Crippen molar-refractivity contribution < 1.29 is 9.90 Å². The van der Waals surface area contributed by atoms with Crippen LogP contribution in [0.3, 0.4) is 0 Å². The van der Waals surface area contributed by atoms with Gasteiger partial charge in [0.25, 0.3) is 0 Å². The van der Waals surface area contributed by atoms with Crippen molar-refractivity contribution in [3.63, 3.8) is 0 Å². The lowest BCUT2D eigenvalue weighted by Gasteiger charge is -2.05. The van der Waals surface area contributed by atoms with E-state index in [1.54, 1.807) is 30.3 Å². The van der Waals surface area contributed by atoms with Crippen LogP contribution in [-0.2, 0) is 4.79 Å². The Morgan fingerprint density at radius 2 is 1.85 bits per heavy atom. The van der Waals surface area contributed by atoms with Gasteiger partial charge in [0.05, 0.1) is 0 Å². The quantitative estimate of drug-likeness (QED) is 0.665. The zero-order valence-corrected chi connectivity index (χ0v) is 12.3. The molecule has 0 unspecified atom stereocenters. The zero-order valence-electron chi connectivity index (χ0n) is 10.7. The van der Waals surface area contributed by atoms with Gasteiger partial charge in [0.2, 0.25) is 0 Å². The van der Waals surface area contributed by atoms with Crippen molar-refractivity contribution in [1.29, 1.82) is 0 Å². The second-order valence-electron chi connectivity index (χ2n) is 4.23. The molecule has 20 heavy (non-hydrogen) atoms. The van der Waals surface area contributed by atoms with Crippen LogP contribution in [0.4, 0.5) is 0 Å². The number of rotatable bonds is 4. The lowest BCUT2D eigenvalue weighted by atomic mass is 9.99. The highest BCUT2D eigenvalue weighted by Gasteiger charge is 2.09. The van der Waals surface area contributed by atoms with E-state index in [0.29, 0.717) is 5.57 Å². The van der Waals surface area contributed by atoms with Gasteiger partial charge in [0.15, 0.2) is 5.78 Å². The fourth-order valence-electron chi connectivity index (χ4n) is 1.80. The van der Waals surface area contributed by atoms with Crippen LogP contribution in [0, 0.1) is 0 Å². The van der Waals surface area contributed by atoms with E-state index in [-0.39, 0.29) is 11.5 Å². The minimum Gasteiger partial charge on any atom is -0.508 e. The molecule has 0 aromatic heterocycles. The number of allylic oxidation sites excluding steroid dienone is 2. The number of ketones is 1. The van der Waals surface area contributed by atoms with Gasteiger partial charge in [-0.25, -0.2) is 0 Å². The van der Waals surface area contributed by atoms with Crippen molar-refractivity contribution in [2.45, 2.75) is 0 Å². The van der Waals surface area contributed by atoms with Gasteiger partial charge in [-0.05, 0) is 47.5 Å². The van der Waals surface area contributed by atoms with E-state index in [4.69, 9.17) is 0 Å². The van der Waals surface area contributed by atoms with Gasteiger partial charge in [-0.2, -0.15) is 0 Å². The van der Waals surface area contributed by atoms with E-state index < -0.39 is 0 Å². The molecular weight excluding hydrogens is 316 g/mol. The summed E-state index contributed by atoms with van der Waals surface area (Å²) < 4.78 is 0.906. The van der Waals surface area contributed by atoms with Gasteiger partial charge in [0, 0.05) is 10.0 Å². The third kappa shape index (κ3) is 3.45. The van der Waals surface area contributed by atoms with E-state index >= 15 is 0 Å². The van der Waals surface area contributed by atoms with E-state index in [1.165, 1.54) is 6.08 Å². The molecule has 0 amide bonds. The summed E-state index contributed by atoms with van der Waals surface area (Å²) in [5.74, 6) is 0.0531. The Bertz CT molecular complexity index is 670. The van der Waals surface area contributed by atoms with Gasteiger partial charge >= 0.3 is 0 Å². The number of phenolic OH excluding ortho intramolecular Hbond substituents is 1. The molecule has 0 fully saturated rings. The molecule has 0 saturated heterocycles. The predicted molar refractivity (Wildman–Crippen MR) is 85.3 cm³/mol. The van der Waals surface area contributed by atoms with Crippen molar-refractivity contribution in [2.75, 3.05) is 0 Å². The Labute approximate surface area is 126 Å². The normalized spacial score (nSPS) is 11.2. The lowest BCUT2D eigenvalue weighted by Crippen LogP contribution is -1.97. The highest BCUT2D eigenvalue weighted by Crippen LogP contribution is 2.23. The zero-order chi connectivity index (χ0) is 14.5. The number of carbonyl (C=O) groups excluding carboxylic acids is 1. The van der Waals surface area contributed by atoms with Gasteiger partial charge in [-0.15, -0.1) is 0 Å². The highest BCUT2D eigenvalue weighted by molar-refractivity contribution is 9.10. The molecule has 0 saturated carbocycles. The van der Waals surface area contributed by atoms with E-state index in [1.807, 2.05) is 24.3 Å². The van der Waals surface area contributed by atoms with Gasteiger partial charge in [-0.1, -0.05) is 46.8 Å². The first-order valence-corrected chi connectivity index (χ1v) is 6.83. The molecule has 0 aliphatic carbocycles. The number of carbonyl (C=O) groups is 1. The maximum Gasteiger partial charge on any atom is 0.185 e. The van der Waals surface area contributed by atoms with Gasteiger partial charge in [-0.3, -0.25) is 4.79 Å². The molecule has 0 bridgehead atoms. The molecule has 0 radical (unpaired) electrons. The largest absolute Gasteiger partial charge is 0.508 e. The minimum absolute atomic E-state index is 0.142. The molecule has 2 aromatic carbocycles. The fourth-order valence-corrected chi connectivity index (χ4v) is 2.20. The Hall–Kier alpha value is -2.13. The number of hydrogen-bond acceptors (Lipinski definition) is 2. The number of phenols is 1. The Morgan fingerprint density at radius 1 is 1.15 bits per heavy atom. The predicted octanol–water partition coefficient (Wildman–Crippen LogP) is 4.45. The number of benzene rings is 2. The maximum absolute atomic E-state index is 12.0. The van der Waals surface area contributed by atoms with Crippen LogP contribution < -0.4 is 0 Å². The van der Waals surface area contributed by atoms with Crippen LogP contribution in [0.2, 0.25) is 0 Å². The van der Waals surface area contributed by atoms with E-state index in [2.05, 4.69) is 22.5 Å². The molecule has 3 heteroatoms. The van der Waals surface area contributed by atoms with Crippen LogP contribution in [-0.4, -0.2) is 10.9 Å². The molecule has 100 valence electrons. The average Bonchev–Trinajstić information content (AvgIpc) is 2.46. The topological polar surface area (TPSA) is 37.3 Å².